The molecule has 0 heterocycles. The first-order valence-electron chi connectivity index (χ1n) is 13.4. The molecule has 2 saturated carbocycles. The fourth-order valence-corrected chi connectivity index (χ4v) is 6.16. The predicted octanol–water partition coefficient (Wildman–Crippen LogP) is 9.93. The average molecular weight is 507 g/mol. The Morgan fingerprint density at radius 1 is 0.857 bits per heavy atom. The zero-order chi connectivity index (χ0) is 25.5. The van der Waals surface area contributed by atoms with E-state index in [1.165, 1.54) is 69.9 Å². The van der Waals surface area contributed by atoms with Crippen LogP contribution in [-0.4, -0.2) is 18.5 Å². The van der Waals surface area contributed by atoms with Crippen molar-refractivity contribution in [2.45, 2.75) is 127 Å². The largest absolute Gasteiger partial charge is 0.439 e. The molecule has 1 unspecified atom stereocenters. The summed E-state index contributed by atoms with van der Waals surface area (Å²) in [6.45, 7) is 2.24. The smallest absolute Gasteiger partial charge is 0.430 e. The van der Waals surface area contributed by atoms with Crippen LogP contribution in [0.3, 0.4) is 0 Å². The Kier molecular flexibility index (Phi) is 9.84. The molecule has 0 radical (unpaired) electrons. The fourth-order valence-electron chi connectivity index (χ4n) is 6.16. The van der Waals surface area contributed by atoms with Crippen LogP contribution < -0.4 is 4.74 Å². The van der Waals surface area contributed by atoms with Gasteiger partial charge >= 0.3 is 12.3 Å². The molecule has 2 fully saturated rings. The van der Waals surface area contributed by atoms with E-state index in [9.17, 15) is 26.3 Å². The van der Waals surface area contributed by atoms with Crippen molar-refractivity contribution in [2.24, 2.45) is 11.8 Å². The lowest BCUT2D eigenvalue weighted by Crippen LogP contribution is -2.45. The van der Waals surface area contributed by atoms with Gasteiger partial charge in [0.1, 0.15) is 5.75 Å². The van der Waals surface area contributed by atoms with Crippen LogP contribution in [0.4, 0.5) is 26.3 Å². The Labute approximate surface area is 206 Å². The molecule has 0 bridgehead atoms. The monoisotopic (exact) mass is 506 g/mol. The van der Waals surface area contributed by atoms with Gasteiger partial charge in [-0.2, -0.15) is 22.0 Å². The van der Waals surface area contributed by atoms with E-state index in [0.29, 0.717) is 0 Å². The highest BCUT2D eigenvalue weighted by molar-refractivity contribution is 5.33. The molecule has 1 aromatic rings. The molecule has 0 amide bonds. The summed E-state index contributed by atoms with van der Waals surface area (Å²) < 4.78 is 81.8. The van der Waals surface area contributed by atoms with E-state index in [4.69, 9.17) is 0 Å². The van der Waals surface area contributed by atoms with Crippen molar-refractivity contribution in [1.29, 1.82) is 0 Å². The van der Waals surface area contributed by atoms with E-state index in [2.05, 4.69) is 11.7 Å². The molecule has 1 atom stereocenters. The van der Waals surface area contributed by atoms with E-state index < -0.39 is 24.2 Å². The molecule has 3 rings (SSSR count). The van der Waals surface area contributed by atoms with Gasteiger partial charge in [-0.25, -0.2) is 4.39 Å². The van der Waals surface area contributed by atoms with Crippen LogP contribution in [0.2, 0.25) is 0 Å². The summed E-state index contributed by atoms with van der Waals surface area (Å²) in [5.41, 5.74) is 0.986. The number of hydrogen-bond donors (Lipinski definition) is 0. The number of halogens is 6. The van der Waals surface area contributed by atoms with E-state index in [1.54, 1.807) is 12.1 Å². The van der Waals surface area contributed by atoms with Gasteiger partial charge in [0, 0.05) is 0 Å². The second kappa shape index (κ2) is 12.2. The van der Waals surface area contributed by atoms with Gasteiger partial charge in [0.2, 0.25) is 0 Å². The van der Waals surface area contributed by atoms with Gasteiger partial charge < -0.3 is 4.74 Å². The minimum absolute atomic E-state index is 0.0358. The highest BCUT2D eigenvalue weighted by Crippen LogP contribution is 2.46. The molecular formula is C28H40F6O. The average Bonchev–Trinajstić information content (AvgIpc) is 2.83. The molecule has 35 heavy (non-hydrogen) atoms. The van der Waals surface area contributed by atoms with Crippen LogP contribution in [0, 0.1) is 11.8 Å². The highest BCUT2D eigenvalue weighted by atomic mass is 19.4. The second-order valence-corrected chi connectivity index (χ2v) is 10.9. The third kappa shape index (κ3) is 7.79. The van der Waals surface area contributed by atoms with Crippen LogP contribution in [0.15, 0.2) is 24.3 Å². The van der Waals surface area contributed by atoms with Crippen LogP contribution in [-0.2, 0) is 5.41 Å². The summed E-state index contributed by atoms with van der Waals surface area (Å²) in [5, 5.41) is 0. The Balaban J connectivity index is 1.60. The number of rotatable bonds is 11. The van der Waals surface area contributed by atoms with Crippen molar-refractivity contribution in [1.82, 2.24) is 0 Å². The number of alkyl halides is 6. The molecule has 0 N–H and O–H groups in total. The Hall–Kier alpha value is -1.40. The van der Waals surface area contributed by atoms with Crippen LogP contribution in [0.25, 0.3) is 0 Å². The first-order chi connectivity index (χ1) is 16.6. The maximum Gasteiger partial charge on any atom is 0.439 e. The van der Waals surface area contributed by atoms with Gasteiger partial charge in [-0.15, -0.1) is 0 Å². The van der Waals surface area contributed by atoms with Gasteiger partial charge in [0.25, 0.3) is 6.17 Å². The predicted molar refractivity (Wildman–Crippen MR) is 127 cm³/mol. The van der Waals surface area contributed by atoms with Crippen LogP contribution in [0.5, 0.6) is 5.75 Å². The Morgan fingerprint density at radius 3 is 1.97 bits per heavy atom. The zero-order valence-electron chi connectivity index (χ0n) is 20.8. The molecule has 1 nitrogen and oxygen atoms in total. The van der Waals surface area contributed by atoms with Crippen molar-refractivity contribution in [3.63, 3.8) is 0 Å². The second-order valence-electron chi connectivity index (χ2n) is 10.9. The van der Waals surface area contributed by atoms with E-state index >= 15 is 0 Å². The topological polar surface area (TPSA) is 9.23 Å². The lowest BCUT2D eigenvalue weighted by Gasteiger charge is -2.40. The molecule has 2 aliphatic carbocycles. The third-order valence-corrected chi connectivity index (χ3v) is 8.33. The molecule has 0 saturated heterocycles. The van der Waals surface area contributed by atoms with Crippen molar-refractivity contribution in [3.8, 4) is 5.75 Å². The SMILES string of the molecule is CCCCCC1CCC(CCC2(c3ccc(OC(F)(F)C(F)C(F)(F)F)cc3)CCCCC2)CC1. The Morgan fingerprint density at radius 2 is 1.43 bits per heavy atom. The Bertz CT molecular complexity index is 746. The first kappa shape index (κ1) is 28.2. The lowest BCUT2D eigenvalue weighted by atomic mass is 9.65. The summed E-state index contributed by atoms with van der Waals surface area (Å²) >= 11 is 0. The third-order valence-electron chi connectivity index (χ3n) is 8.33. The highest BCUT2D eigenvalue weighted by Gasteiger charge is 2.59. The van der Waals surface area contributed by atoms with Crippen molar-refractivity contribution in [2.75, 3.05) is 0 Å². The molecule has 0 aromatic heterocycles. The molecule has 7 heteroatoms. The minimum Gasteiger partial charge on any atom is -0.430 e. The molecule has 0 spiro atoms. The number of unbranched alkanes of at least 4 members (excludes halogenated alkanes) is 2. The van der Waals surface area contributed by atoms with Gasteiger partial charge in [-0.05, 0) is 60.6 Å². The summed E-state index contributed by atoms with van der Waals surface area (Å²) in [4.78, 5) is 0. The van der Waals surface area contributed by atoms with Crippen molar-refractivity contribution >= 4 is 0 Å². The first-order valence-corrected chi connectivity index (χ1v) is 13.4. The normalized spacial score (nSPS) is 24.2. The molecule has 1 aromatic carbocycles. The minimum atomic E-state index is -5.69. The summed E-state index contributed by atoms with van der Waals surface area (Å²) in [7, 11) is 0. The molecular weight excluding hydrogens is 466 g/mol. The lowest BCUT2D eigenvalue weighted by molar-refractivity contribution is -0.304. The van der Waals surface area contributed by atoms with Gasteiger partial charge in [-0.3, -0.25) is 0 Å². The maximum absolute atomic E-state index is 13.7. The number of benzene rings is 1. The van der Waals surface area contributed by atoms with Gasteiger partial charge in [0.15, 0.2) is 0 Å². The standard InChI is InChI=1S/C28H40F6O/c1-2-3-5-8-21-9-11-22(12-10-21)17-20-26(18-6-4-7-19-26)23-13-15-24(16-14-23)35-28(33,34)25(29)27(30,31)32/h13-16,21-22,25H,2-12,17-20H2,1H3. The fraction of sp³-hybridized carbons (Fsp3) is 0.786. The molecule has 2 aliphatic rings. The quantitative estimate of drug-likeness (QED) is 0.214. The van der Waals surface area contributed by atoms with Crippen LogP contribution in [0.1, 0.15) is 109 Å². The van der Waals surface area contributed by atoms with Crippen LogP contribution >= 0.6 is 0 Å². The number of hydrogen-bond acceptors (Lipinski definition) is 1. The van der Waals surface area contributed by atoms with Gasteiger partial charge in [-0.1, -0.05) is 89.7 Å². The zero-order valence-corrected chi connectivity index (χ0v) is 20.8. The molecule has 0 aliphatic heterocycles. The summed E-state index contributed by atoms with van der Waals surface area (Å²) in [6, 6.07) is 5.87. The summed E-state index contributed by atoms with van der Waals surface area (Å²) in [6.07, 6.45) is 3.03. The summed E-state index contributed by atoms with van der Waals surface area (Å²) in [5.74, 6) is 1.13. The maximum atomic E-state index is 13.7. The van der Waals surface area contributed by atoms with Crippen molar-refractivity contribution in [3.05, 3.63) is 29.8 Å². The van der Waals surface area contributed by atoms with E-state index in [-0.39, 0.29) is 5.41 Å². The van der Waals surface area contributed by atoms with E-state index in [1.807, 2.05) is 0 Å². The van der Waals surface area contributed by atoms with Gasteiger partial charge in [0.05, 0.1) is 0 Å². The van der Waals surface area contributed by atoms with Crippen molar-refractivity contribution < 1.29 is 31.1 Å². The number of ether oxygens (including phenoxy) is 1. The van der Waals surface area contributed by atoms with E-state index in [0.717, 1.165) is 55.9 Å². The molecule has 200 valence electrons.